The van der Waals surface area contributed by atoms with Crippen LogP contribution in [0, 0.1) is 13.8 Å². The van der Waals surface area contributed by atoms with Gasteiger partial charge in [0, 0.05) is 12.1 Å². The van der Waals surface area contributed by atoms with E-state index in [1.165, 1.54) is 0 Å². The van der Waals surface area contributed by atoms with Gasteiger partial charge < -0.3 is 9.73 Å². The molecule has 5 nitrogen and oxygen atoms in total. The van der Waals surface area contributed by atoms with Gasteiger partial charge in [-0.05, 0) is 37.1 Å². The van der Waals surface area contributed by atoms with E-state index >= 15 is 0 Å². The van der Waals surface area contributed by atoms with Crippen LogP contribution in [0.1, 0.15) is 27.4 Å². The smallest absolute Gasteiger partial charge is 0.309 e. The molecule has 116 valence electrons. The van der Waals surface area contributed by atoms with Crippen LogP contribution in [0.4, 0.5) is 0 Å². The lowest BCUT2D eigenvalue weighted by molar-refractivity contribution is 0.0917. The van der Waals surface area contributed by atoms with Crippen LogP contribution in [0.25, 0.3) is 11.5 Å². The SMILES string of the molecule is Cc1ccc(-c2nnc(C(=O)NCc3ccccc3C)o2)cc1. The first kappa shape index (κ1) is 15.0. The summed E-state index contributed by atoms with van der Waals surface area (Å²) in [5.74, 6) is -0.0701. The fourth-order valence-electron chi connectivity index (χ4n) is 2.19. The van der Waals surface area contributed by atoms with E-state index in [-0.39, 0.29) is 11.8 Å². The van der Waals surface area contributed by atoms with E-state index in [4.69, 9.17) is 4.42 Å². The predicted molar refractivity (Wildman–Crippen MR) is 86.8 cm³/mol. The van der Waals surface area contributed by atoms with Gasteiger partial charge in [-0.15, -0.1) is 10.2 Å². The van der Waals surface area contributed by atoms with Crippen LogP contribution < -0.4 is 5.32 Å². The van der Waals surface area contributed by atoms with Crippen molar-refractivity contribution in [1.29, 1.82) is 0 Å². The van der Waals surface area contributed by atoms with Crippen molar-refractivity contribution in [3.8, 4) is 11.5 Å². The second kappa shape index (κ2) is 6.44. The lowest BCUT2D eigenvalue weighted by Gasteiger charge is -2.05. The van der Waals surface area contributed by atoms with E-state index < -0.39 is 0 Å². The van der Waals surface area contributed by atoms with E-state index in [2.05, 4.69) is 15.5 Å². The largest absolute Gasteiger partial charge is 0.412 e. The Bertz CT molecular complexity index is 822. The Labute approximate surface area is 134 Å². The molecule has 0 aliphatic carbocycles. The molecule has 1 heterocycles. The van der Waals surface area contributed by atoms with Crippen molar-refractivity contribution in [3.05, 3.63) is 71.1 Å². The normalized spacial score (nSPS) is 10.5. The highest BCUT2D eigenvalue weighted by atomic mass is 16.4. The zero-order chi connectivity index (χ0) is 16.2. The second-order valence-corrected chi connectivity index (χ2v) is 5.39. The quantitative estimate of drug-likeness (QED) is 0.803. The molecule has 0 spiro atoms. The summed E-state index contributed by atoms with van der Waals surface area (Å²) in [6.45, 7) is 4.43. The van der Waals surface area contributed by atoms with Gasteiger partial charge in [0.05, 0.1) is 0 Å². The Morgan fingerprint density at radius 3 is 2.52 bits per heavy atom. The van der Waals surface area contributed by atoms with E-state index in [1.807, 2.05) is 62.4 Å². The average molecular weight is 307 g/mol. The van der Waals surface area contributed by atoms with Crippen LogP contribution in [0.15, 0.2) is 52.9 Å². The first-order valence-electron chi connectivity index (χ1n) is 7.37. The Kier molecular flexibility index (Phi) is 4.19. The maximum Gasteiger partial charge on any atom is 0.309 e. The second-order valence-electron chi connectivity index (χ2n) is 5.39. The molecule has 3 aromatic rings. The molecule has 5 heteroatoms. The summed E-state index contributed by atoms with van der Waals surface area (Å²) in [5.41, 5.74) is 4.11. The summed E-state index contributed by atoms with van der Waals surface area (Å²) in [6.07, 6.45) is 0. The number of hydrogen-bond donors (Lipinski definition) is 1. The topological polar surface area (TPSA) is 68.0 Å². The van der Waals surface area contributed by atoms with Crippen LogP contribution in [0.3, 0.4) is 0 Å². The zero-order valence-electron chi connectivity index (χ0n) is 13.0. The molecule has 0 bridgehead atoms. The van der Waals surface area contributed by atoms with E-state index in [0.717, 1.165) is 22.3 Å². The molecule has 0 aliphatic rings. The number of hydrogen-bond acceptors (Lipinski definition) is 4. The molecule has 3 rings (SSSR count). The molecule has 0 saturated heterocycles. The van der Waals surface area contributed by atoms with Gasteiger partial charge in [0.15, 0.2) is 0 Å². The molecule has 0 fully saturated rings. The third kappa shape index (κ3) is 3.45. The van der Waals surface area contributed by atoms with Crippen molar-refractivity contribution in [1.82, 2.24) is 15.5 Å². The third-order valence-corrected chi connectivity index (χ3v) is 3.62. The molecular weight excluding hydrogens is 290 g/mol. The monoisotopic (exact) mass is 307 g/mol. The van der Waals surface area contributed by atoms with Gasteiger partial charge in [-0.1, -0.05) is 42.0 Å². The van der Waals surface area contributed by atoms with Crippen LogP contribution in [-0.4, -0.2) is 16.1 Å². The minimum atomic E-state index is -0.376. The number of amides is 1. The van der Waals surface area contributed by atoms with Gasteiger partial charge in [-0.3, -0.25) is 4.79 Å². The Morgan fingerprint density at radius 2 is 1.78 bits per heavy atom. The van der Waals surface area contributed by atoms with Crippen LogP contribution in [-0.2, 0) is 6.54 Å². The number of aryl methyl sites for hydroxylation is 2. The summed E-state index contributed by atoms with van der Waals surface area (Å²) in [4.78, 5) is 12.1. The van der Waals surface area contributed by atoms with Crippen molar-refractivity contribution in [2.24, 2.45) is 0 Å². The van der Waals surface area contributed by atoms with Crippen LogP contribution >= 0.6 is 0 Å². The number of aromatic nitrogens is 2. The van der Waals surface area contributed by atoms with E-state index in [0.29, 0.717) is 12.4 Å². The molecule has 2 aromatic carbocycles. The fourth-order valence-corrected chi connectivity index (χ4v) is 2.19. The van der Waals surface area contributed by atoms with Gasteiger partial charge in [0.2, 0.25) is 5.89 Å². The molecular formula is C18H17N3O2. The van der Waals surface area contributed by atoms with Gasteiger partial charge in [-0.2, -0.15) is 0 Å². The molecule has 0 unspecified atom stereocenters. The van der Waals surface area contributed by atoms with Crippen molar-refractivity contribution in [2.75, 3.05) is 0 Å². The summed E-state index contributed by atoms with van der Waals surface area (Å²) >= 11 is 0. The fraction of sp³-hybridized carbons (Fsp3) is 0.167. The first-order chi connectivity index (χ1) is 11.1. The molecule has 1 amide bonds. The van der Waals surface area contributed by atoms with E-state index in [1.54, 1.807) is 0 Å². The third-order valence-electron chi connectivity index (χ3n) is 3.62. The number of nitrogens with one attached hydrogen (secondary N) is 1. The number of benzene rings is 2. The highest BCUT2D eigenvalue weighted by Gasteiger charge is 2.15. The molecule has 1 aromatic heterocycles. The lowest BCUT2D eigenvalue weighted by atomic mass is 10.1. The van der Waals surface area contributed by atoms with Gasteiger partial charge in [0.25, 0.3) is 0 Å². The van der Waals surface area contributed by atoms with Crippen molar-refractivity contribution >= 4 is 5.91 Å². The van der Waals surface area contributed by atoms with Gasteiger partial charge in [-0.25, -0.2) is 0 Å². The zero-order valence-corrected chi connectivity index (χ0v) is 13.0. The molecule has 0 radical (unpaired) electrons. The van der Waals surface area contributed by atoms with Crippen molar-refractivity contribution < 1.29 is 9.21 Å². The highest BCUT2D eigenvalue weighted by molar-refractivity contribution is 5.89. The predicted octanol–water partition coefficient (Wildman–Crippen LogP) is 3.28. The van der Waals surface area contributed by atoms with Gasteiger partial charge in [0.1, 0.15) is 0 Å². The number of carbonyl (C=O) groups excluding carboxylic acids is 1. The molecule has 23 heavy (non-hydrogen) atoms. The minimum absolute atomic E-state index is 0.0332. The average Bonchev–Trinajstić information content (AvgIpc) is 3.04. The van der Waals surface area contributed by atoms with Crippen LogP contribution in [0.5, 0.6) is 0 Å². The molecule has 0 atom stereocenters. The van der Waals surface area contributed by atoms with Crippen molar-refractivity contribution in [3.63, 3.8) is 0 Å². The Morgan fingerprint density at radius 1 is 1.04 bits per heavy atom. The first-order valence-corrected chi connectivity index (χ1v) is 7.37. The summed E-state index contributed by atoms with van der Waals surface area (Å²) in [7, 11) is 0. The Balaban J connectivity index is 1.69. The molecule has 0 aliphatic heterocycles. The lowest BCUT2D eigenvalue weighted by Crippen LogP contribution is -2.23. The number of rotatable bonds is 4. The maximum absolute atomic E-state index is 12.1. The summed E-state index contributed by atoms with van der Waals surface area (Å²) < 4.78 is 5.46. The number of carbonyl (C=O) groups is 1. The summed E-state index contributed by atoms with van der Waals surface area (Å²) in [5, 5.41) is 10.5. The van der Waals surface area contributed by atoms with Crippen LogP contribution in [0.2, 0.25) is 0 Å². The minimum Gasteiger partial charge on any atom is -0.412 e. The molecule has 0 saturated carbocycles. The van der Waals surface area contributed by atoms with Gasteiger partial charge >= 0.3 is 11.8 Å². The summed E-state index contributed by atoms with van der Waals surface area (Å²) in [6, 6.07) is 15.6. The molecule has 1 N–H and O–H groups in total. The number of nitrogens with zero attached hydrogens (tertiary/aromatic N) is 2. The van der Waals surface area contributed by atoms with Crippen molar-refractivity contribution in [2.45, 2.75) is 20.4 Å². The Hall–Kier alpha value is -2.95. The van der Waals surface area contributed by atoms with E-state index in [9.17, 15) is 4.79 Å². The standard InChI is InChI=1S/C18H17N3O2/c1-12-7-9-14(10-8-12)17-20-21-18(23-17)16(22)19-11-15-6-4-3-5-13(15)2/h3-10H,11H2,1-2H3,(H,19,22). The highest BCUT2D eigenvalue weighted by Crippen LogP contribution is 2.18. The maximum atomic E-state index is 12.1.